The number of anilines is 1. The third-order valence-corrected chi connectivity index (χ3v) is 5.40. The number of pyridine rings is 2. The molecule has 1 aromatic carbocycles. The summed E-state index contributed by atoms with van der Waals surface area (Å²) in [5.41, 5.74) is 0.546. The minimum atomic E-state index is -1.19. The summed E-state index contributed by atoms with van der Waals surface area (Å²) < 4.78 is 5.50. The second-order valence-corrected chi connectivity index (χ2v) is 7.45. The first-order chi connectivity index (χ1) is 15.0. The van der Waals surface area contributed by atoms with Crippen LogP contribution in [0.3, 0.4) is 0 Å². The topological polar surface area (TPSA) is 89.5 Å². The van der Waals surface area contributed by atoms with Gasteiger partial charge in [-0.1, -0.05) is 42.0 Å². The molecule has 5 rings (SSSR count). The van der Waals surface area contributed by atoms with Gasteiger partial charge in [0.15, 0.2) is 17.5 Å². The number of amides is 1. The first kappa shape index (κ1) is 19.1. The van der Waals surface area contributed by atoms with Crippen LogP contribution in [0.4, 0.5) is 5.82 Å². The summed E-state index contributed by atoms with van der Waals surface area (Å²) in [4.78, 5) is 48.9. The third-order valence-electron chi connectivity index (χ3n) is 5.19. The van der Waals surface area contributed by atoms with Crippen molar-refractivity contribution in [1.82, 2.24) is 9.97 Å². The number of hydrogen-bond acceptors (Lipinski definition) is 6. The van der Waals surface area contributed by atoms with Crippen LogP contribution in [0.15, 0.2) is 78.4 Å². The number of ether oxygens (including phenoxy) is 1. The Kier molecular flexibility index (Phi) is 4.60. The Hall–Kier alpha value is -3.84. The molecule has 3 aromatic rings. The van der Waals surface area contributed by atoms with Gasteiger partial charge in [-0.05, 0) is 42.5 Å². The molecule has 2 unspecified atom stereocenters. The molecule has 31 heavy (non-hydrogen) atoms. The van der Waals surface area contributed by atoms with Crippen LogP contribution in [0.2, 0.25) is 5.15 Å². The van der Waals surface area contributed by atoms with Gasteiger partial charge in [0.25, 0.3) is 5.91 Å². The molecule has 2 aromatic heterocycles. The number of carbonyl (C=O) groups excluding carboxylic acids is 3. The van der Waals surface area contributed by atoms with Gasteiger partial charge in [-0.2, -0.15) is 0 Å². The van der Waals surface area contributed by atoms with Crippen molar-refractivity contribution < 1.29 is 19.1 Å². The first-order valence-corrected chi connectivity index (χ1v) is 9.86. The smallest absolute Gasteiger partial charge is 0.335 e. The van der Waals surface area contributed by atoms with E-state index in [4.69, 9.17) is 16.3 Å². The Labute approximate surface area is 181 Å². The molecule has 2 atom stereocenters. The van der Waals surface area contributed by atoms with Gasteiger partial charge in [0.2, 0.25) is 0 Å². The van der Waals surface area contributed by atoms with Crippen LogP contribution in [0.1, 0.15) is 0 Å². The van der Waals surface area contributed by atoms with Gasteiger partial charge in [0.05, 0.1) is 5.92 Å². The van der Waals surface area contributed by atoms with E-state index in [2.05, 4.69) is 9.97 Å². The molecule has 1 aliphatic heterocycles. The molecular formula is C23H14ClN3O4. The number of halogens is 1. The Morgan fingerprint density at radius 2 is 1.77 bits per heavy atom. The molecule has 0 bridgehead atoms. The van der Waals surface area contributed by atoms with Crippen molar-refractivity contribution in [1.29, 1.82) is 0 Å². The lowest BCUT2D eigenvalue weighted by Crippen LogP contribution is -2.45. The van der Waals surface area contributed by atoms with Gasteiger partial charge in [0.1, 0.15) is 16.7 Å². The van der Waals surface area contributed by atoms with Gasteiger partial charge in [-0.15, -0.1) is 0 Å². The Morgan fingerprint density at radius 3 is 2.58 bits per heavy atom. The summed E-state index contributed by atoms with van der Waals surface area (Å²) >= 11 is 5.98. The molecule has 1 fully saturated rings. The van der Waals surface area contributed by atoms with Crippen LogP contribution in [0.25, 0.3) is 11.0 Å². The average Bonchev–Trinajstić information content (AvgIpc) is 3.08. The maximum atomic E-state index is 13.2. The van der Waals surface area contributed by atoms with E-state index in [0.29, 0.717) is 11.4 Å². The highest BCUT2D eigenvalue weighted by atomic mass is 35.5. The molecule has 8 heteroatoms. The van der Waals surface area contributed by atoms with Crippen molar-refractivity contribution in [3.63, 3.8) is 0 Å². The van der Waals surface area contributed by atoms with E-state index >= 15 is 0 Å². The number of benzene rings is 1. The second-order valence-electron chi connectivity index (χ2n) is 7.07. The van der Waals surface area contributed by atoms with Crippen molar-refractivity contribution in [2.45, 2.75) is 6.04 Å². The maximum Gasteiger partial charge on any atom is 0.335 e. The molecule has 0 spiro atoms. The number of esters is 1. The lowest BCUT2D eigenvalue weighted by Gasteiger charge is -2.24. The SMILES string of the molecule is O=C1C=CC=C2C(=O)N(c3ccc4ccc(Cl)nc4n3)C(C(=O)Oc3ccccc3)C12. The second kappa shape index (κ2) is 7.45. The average molecular weight is 432 g/mol. The summed E-state index contributed by atoms with van der Waals surface area (Å²) in [5.74, 6) is -2.02. The number of rotatable bonds is 3. The quantitative estimate of drug-likeness (QED) is 0.359. The van der Waals surface area contributed by atoms with Crippen LogP contribution in [-0.2, 0) is 14.4 Å². The summed E-state index contributed by atoms with van der Waals surface area (Å²) in [6.07, 6.45) is 4.40. The number of allylic oxidation sites excluding steroid dienone is 3. The third kappa shape index (κ3) is 3.29. The van der Waals surface area contributed by atoms with Gasteiger partial charge in [-0.3, -0.25) is 14.5 Å². The molecule has 0 radical (unpaired) electrons. The number of aromatic nitrogens is 2. The van der Waals surface area contributed by atoms with Crippen LogP contribution in [0, 0.1) is 5.92 Å². The van der Waals surface area contributed by atoms with Gasteiger partial charge in [-0.25, -0.2) is 14.8 Å². The number of nitrogens with zero attached hydrogens (tertiary/aromatic N) is 3. The molecule has 1 saturated heterocycles. The number of para-hydroxylation sites is 1. The Morgan fingerprint density at radius 1 is 1.00 bits per heavy atom. The van der Waals surface area contributed by atoms with Gasteiger partial charge < -0.3 is 4.74 Å². The lowest BCUT2D eigenvalue weighted by atomic mass is 9.87. The number of hydrogen-bond donors (Lipinski definition) is 0. The molecule has 1 aliphatic carbocycles. The van der Waals surface area contributed by atoms with E-state index < -0.39 is 23.8 Å². The number of ketones is 1. The highest BCUT2D eigenvalue weighted by Crippen LogP contribution is 2.38. The van der Waals surface area contributed by atoms with Crippen molar-refractivity contribution >= 4 is 46.1 Å². The Bertz CT molecular complexity index is 1300. The fourth-order valence-corrected chi connectivity index (χ4v) is 3.95. The van der Waals surface area contributed by atoms with Crippen LogP contribution < -0.4 is 9.64 Å². The highest BCUT2D eigenvalue weighted by molar-refractivity contribution is 6.29. The Balaban J connectivity index is 1.60. The van der Waals surface area contributed by atoms with Crippen molar-refractivity contribution in [3.05, 3.63) is 83.6 Å². The lowest BCUT2D eigenvalue weighted by molar-refractivity contribution is -0.138. The summed E-state index contributed by atoms with van der Waals surface area (Å²) in [5, 5.41) is 0.971. The zero-order valence-corrected chi connectivity index (χ0v) is 16.7. The summed E-state index contributed by atoms with van der Waals surface area (Å²) in [7, 11) is 0. The number of carbonyl (C=O) groups is 3. The molecule has 0 N–H and O–H groups in total. The molecule has 7 nitrogen and oxygen atoms in total. The van der Waals surface area contributed by atoms with Crippen molar-refractivity contribution in [3.8, 4) is 5.75 Å². The standard InChI is InChI=1S/C23H14ClN3O4/c24-17-11-9-13-10-12-18(26-21(13)25-17)27-20(23(30)31-14-5-2-1-3-6-14)19-15(22(27)29)7-4-8-16(19)28/h1-12,19-20H. The van der Waals surface area contributed by atoms with Crippen LogP contribution >= 0.6 is 11.6 Å². The van der Waals surface area contributed by atoms with Gasteiger partial charge >= 0.3 is 5.97 Å². The minimum absolute atomic E-state index is 0.186. The zero-order valence-electron chi connectivity index (χ0n) is 15.9. The van der Waals surface area contributed by atoms with E-state index in [0.717, 1.165) is 5.39 Å². The highest BCUT2D eigenvalue weighted by Gasteiger charge is 2.53. The van der Waals surface area contributed by atoms with Crippen LogP contribution in [-0.4, -0.2) is 33.7 Å². The minimum Gasteiger partial charge on any atom is -0.425 e. The fourth-order valence-electron chi connectivity index (χ4n) is 3.80. The maximum absolute atomic E-state index is 13.2. The monoisotopic (exact) mass is 431 g/mol. The molecule has 1 amide bonds. The largest absolute Gasteiger partial charge is 0.425 e. The molecule has 0 saturated carbocycles. The summed E-state index contributed by atoms with van der Waals surface area (Å²) in [6.45, 7) is 0. The van der Waals surface area contributed by atoms with E-state index in [1.54, 1.807) is 60.7 Å². The molecular weight excluding hydrogens is 418 g/mol. The molecule has 2 aliphatic rings. The molecule has 3 heterocycles. The van der Waals surface area contributed by atoms with Crippen molar-refractivity contribution in [2.24, 2.45) is 5.92 Å². The predicted molar refractivity (Wildman–Crippen MR) is 114 cm³/mol. The normalized spacial score (nSPS) is 20.0. The van der Waals surface area contributed by atoms with E-state index in [1.807, 2.05) is 0 Å². The van der Waals surface area contributed by atoms with Crippen molar-refractivity contribution in [2.75, 3.05) is 4.90 Å². The van der Waals surface area contributed by atoms with E-state index in [-0.39, 0.29) is 22.3 Å². The van der Waals surface area contributed by atoms with Crippen LogP contribution in [0.5, 0.6) is 5.75 Å². The zero-order chi connectivity index (χ0) is 21.5. The fraction of sp³-hybridized carbons (Fsp3) is 0.0870. The van der Waals surface area contributed by atoms with Gasteiger partial charge in [0, 0.05) is 11.0 Å². The van der Waals surface area contributed by atoms with E-state index in [1.165, 1.54) is 17.1 Å². The number of fused-ring (bicyclic) bond motifs is 2. The predicted octanol–water partition coefficient (Wildman–Crippen LogP) is 3.29. The van der Waals surface area contributed by atoms with E-state index in [9.17, 15) is 14.4 Å². The molecule has 152 valence electrons. The first-order valence-electron chi connectivity index (χ1n) is 9.48. The summed E-state index contributed by atoms with van der Waals surface area (Å²) in [6, 6.07) is 14.0.